The summed E-state index contributed by atoms with van der Waals surface area (Å²) in [5.41, 5.74) is 6.61. The fourth-order valence-corrected chi connectivity index (χ4v) is 4.67. The second-order valence-corrected chi connectivity index (χ2v) is 8.74. The third-order valence-corrected chi connectivity index (χ3v) is 6.57. The largest absolute Gasteiger partial charge is 0.346 e. The van der Waals surface area contributed by atoms with Crippen LogP contribution in [0.5, 0.6) is 0 Å². The Bertz CT molecular complexity index is 1360. The summed E-state index contributed by atoms with van der Waals surface area (Å²) < 4.78 is 4.14. The van der Waals surface area contributed by atoms with E-state index in [2.05, 4.69) is 72.9 Å². The number of rotatable bonds is 6. The van der Waals surface area contributed by atoms with E-state index < -0.39 is 0 Å². The summed E-state index contributed by atoms with van der Waals surface area (Å²) in [6, 6.07) is 13.2. The van der Waals surface area contributed by atoms with Gasteiger partial charge in [-0.05, 0) is 44.0 Å². The van der Waals surface area contributed by atoms with Crippen molar-refractivity contribution in [3.05, 3.63) is 79.1 Å². The Balaban J connectivity index is 1.25. The third kappa shape index (κ3) is 4.07. The van der Waals surface area contributed by atoms with Crippen molar-refractivity contribution in [2.24, 2.45) is 0 Å². The number of piperidine rings is 1. The SMILES string of the molecule is c1ccc(CCn2cc(-c3c[nH]c4ncc(-c5cnn(C6CCNCC6)c5)cc34)cn2)cc1. The number of nitrogens with one attached hydrogen (secondary N) is 2. The number of aromatic nitrogens is 6. The zero-order valence-electron chi connectivity index (χ0n) is 18.5. The number of fused-ring (bicyclic) bond motifs is 1. The van der Waals surface area contributed by atoms with E-state index in [1.165, 1.54) is 5.56 Å². The van der Waals surface area contributed by atoms with Crippen LogP contribution < -0.4 is 5.32 Å². The van der Waals surface area contributed by atoms with Gasteiger partial charge in [-0.15, -0.1) is 0 Å². The molecule has 33 heavy (non-hydrogen) atoms. The Morgan fingerprint density at radius 2 is 1.76 bits per heavy atom. The molecule has 0 amide bonds. The Morgan fingerprint density at radius 1 is 0.909 bits per heavy atom. The number of nitrogens with zero attached hydrogens (tertiary/aromatic N) is 5. The number of pyridine rings is 1. The molecular weight excluding hydrogens is 410 g/mol. The lowest BCUT2D eigenvalue weighted by Gasteiger charge is -2.22. The van der Waals surface area contributed by atoms with Crippen molar-refractivity contribution >= 4 is 11.0 Å². The van der Waals surface area contributed by atoms with Crippen LogP contribution in [0, 0.1) is 0 Å². The van der Waals surface area contributed by atoms with Gasteiger partial charge in [0.1, 0.15) is 5.65 Å². The van der Waals surface area contributed by atoms with Gasteiger partial charge in [0.2, 0.25) is 0 Å². The summed E-state index contributed by atoms with van der Waals surface area (Å²) in [5, 5.41) is 13.8. The van der Waals surface area contributed by atoms with Crippen LogP contribution in [0.15, 0.2) is 73.6 Å². The standard InChI is InChI=1S/C26H27N7/c1-2-4-19(5-3-1)8-11-32-17-22(15-30-32)25-16-29-26-24(25)12-20(13-28-26)21-14-31-33(18-21)23-6-9-27-10-7-23/h1-5,12-18,23,27H,6-11H2,(H,28,29). The quantitative estimate of drug-likeness (QED) is 0.411. The van der Waals surface area contributed by atoms with Crippen LogP contribution in [0.25, 0.3) is 33.3 Å². The zero-order valence-corrected chi connectivity index (χ0v) is 18.5. The normalized spacial score (nSPS) is 14.8. The van der Waals surface area contributed by atoms with Crippen LogP contribution in [0.3, 0.4) is 0 Å². The predicted octanol–water partition coefficient (Wildman–Crippen LogP) is 4.46. The van der Waals surface area contributed by atoms with E-state index in [-0.39, 0.29) is 0 Å². The fourth-order valence-electron chi connectivity index (χ4n) is 4.67. The van der Waals surface area contributed by atoms with Crippen molar-refractivity contribution in [2.45, 2.75) is 31.8 Å². The van der Waals surface area contributed by atoms with Gasteiger partial charge in [-0.2, -0.15) is 10.2 Å². The van der Waals surface area contributed by atoms with E-state index in [0.717, 1.165) is 72.2 Å². The molecule has 0 unspecified atom stereocenters. The molecule has 0 spiro atoms. The van der Waals surface area contributed by atoms with Gasteiger partial charge in [0.15, 0.2) is 0 Å². The number of H-pyrrole nitrogens is 1. The first-order valence-electron chi connectivity index (χ1n) is 11.6. The van der Waals surface area contributed by atoms with E-state index >= 15 is 0 Å². The second kappa shape index (κ2) is 8.67. The first kappa shape index (κ1) is 19.9. The van der Waals surface area contributed by atoms with Crippen LogP contribution in [0.4, 0.5) is 0 Å². The number of hydrogen-bond donors (Lipinski definition) is 2. The van der Waals surface area contributed by atoms with E-state index in [0.29, 0.717) is 6.04 Å². The molecule has 7 heteroatoms. The topological polar surface area (TPSA) is 76.3 Å². The van der Waals surface area contributed by atoms with Crippen LogP contribution >= 0.6 is 0 Å². The average Bonchev–Trinajstić information content (AvgIpc) is 3.63. The molecule has 1 aliphatic heterocycles. The maximum Gasteiger partial charge on any atom is 0.137 e. The fraction of sp³-hybridized carbons (Fsp3) is 0.269. The minimum absolute atomic E-state index is 0.473. The molecule has 166 valence electrons. The van der Waals surface area contributed by atoms with E-state index in [1.54, 1.807) is 0 Å². The highest BCUT2D eigenvalue weighted by Crippen LogP contribution is 2.31. The van der Waals surface area contributed by atoms with Crippen molar-refractivity contribution < 1.29 is 0 Å². The summed E-state index contributed by atoms with van der Waals surface area (Å²) >= 11 is 0. The van der Waals surface area contributed by atoms with Gasteiger partial charge in [0.05, 0.1) is 18.4 Å². The van der Waals surface area contributed by atoms with Gasteiger partial charge in [0.25, 0.3) is 0 Å². The Morgan fingerprint density at radius 3 is 2.64 bits per heavy atom. The van der Waals surface area contributed by atoms with Crippen LogP contribution in [0.2, 0.25) is 0 Å². The molecular formula is C26H27N7. The van der Waals surface area contributed by atoms with Crippen molar-refractivity contribution in [1.82, 2.24) is 34.8 Å². The summed E-state index contributed by atoms with van der Waals surface area (Å²) in [4.78, 5) is 7.99. The maximum absolute atomic E-state index is 4.68. The summed E-state index contributed by atoms with van der Waals surface area (Å²) in [7, 11) is 0. The average molecular weight is 438 g/mol. The molecule has 0 saturated carbocycles. The monoisotopic (exact) mass is 437 g/mol. The molecule has 1 aliphatic rings. The molecule has 0 radical (unpaired) electrons. The molecule has 1 saturated heterocycles. The summed E-state index contributed by atoms with van der Waals surface area (Å²) in [5.74, 6) is 0. The molecule has 4 aromatic heterocycles. The first-order valence-corrected chi connectivity index (χ1v) is 11.6. The van der Waals surface area contributed by atoms with Gasteiger partial charge in [-0.3, -0.25) is 9.36 Å². The van der Waals surface area contributed by atoms with Crippen molar-refractivity contribution in [3.63, 3.8) is 0 Å². The molecule has 2 N–H and O–H groups in total. The van der Waals surface area contributed by atoms with Crippen molar-refractivity contribution in [3.8, 4) is 22.3 Å². The second-order valence-electron chi connectivity index (χ2n) is 8.74. The number of benzene rings is 1. The molecule has 1 fully saturated rings. The van der Waals surface area contributed by atoms with Gasteiger partial charge < -0.3 is 10.3 Å². The van der Waals surface area contributed by atoms with Gasteiger partial charge in [0, 0.05) is 59.0 Å². The molecule has 1 aromatic carbocycles. The van der Waals surface area contributed by atoms with Crippen molar-refractivity contribution in [1.29, 1.82) is 0 Å². The van der Waals surface area contributed by atoms with Crippen LogP contribution in [0.1, 0.15) is 24.4 Å². The lowest BCUT2D eigenvalue weighted by atomic mass is 10.1. The smallest absolute Gasteiger partial charge is 0.137 e. The van der Waals surface area contributed by atoms with Crippen LogP contribution in [-0.4, -0.2) is 42.6 Å². The Labute approximate surface area is 192 Å². The van der Waals surface area contributed by atoms with Crippen molar-refractivity contribution in [2.75, 3.05) is 13.1 Å². The van der Waals surface area contributed by atoms with Gasteiger partial charge >= 0.3 is 0 Å². The van der Waals surface area contributed by atoms with Gasteiger partial charge in [-0.1, -0.05) is 30.3 Å². The highest BCUT2D eigenvalue weighted by Gasteiger charge is 2.17. The summed E-state index contributed by atoms with van der Waals surface area (Å²) in [6.07, 6.45) is 15.3. The molecule has 0 atom stereocenters. The highest BCUT2D eigenvalue weighted by atomic mass is 15.3. The Kier molecular flexibility index (Phi) is 5.24. The minimum Gasteiger partial charge on any atom is -0.346 e. The number of hydrogen-bond acceptors (Lipinski definition) is 4. The van der Waals surface area contributed by atoms with E-state index in [9.17, 15) is 0 Å². The molecule has 5 heterocycles. The highest BCUT2D eigenvalue weighted by molar-refractivity contribution is 5.95. The molecule has 0 aliphatic carbocycles. The lowest BCUT2D eigenvalue weighted by molar-refractivity contribution is 0.343. The van der Waals surface area contributed by atoms with E-state index in [1.807, 2.05) is 35.5 Å². The molecule has 5 aromatic rings. The third-order valence-electron chi connectivity index (χ3n) is 6.57. The maximum atomic E-state index is 4.68. The number of aromatic amines is 1. The molecule has 6 rings (SSSR count). The molecule has 0 bridgehead atoms. The minimum atomic E-state index is 0.473. The predicted molar refractivity (Wildman–Crippen MR) is 130 cm³/mol. The van der Waals surface area contributed by atoms with Gasteiger partial charge in [-0.25, -0.2) is 4.98 Å². The van der Waals surface area contributed by atoms with Crippen LogP contribution in [-0.2, 0) is 13.0 Å². The Hall–Kier alpha value is -3.71. The van der Waals surface area contributed by atoms with E-state index in [4.69, 9.17) is 0 Å². The zero-order chi connectivity index (χ0) is 22.0. The summed E-state index contributed by atoms with van der Waals surface area (Å²) in [6.45, 7) is 2.96. The number of aryl methyl sites for hydroxylation is 2. The first-order chi connectivity index (χ1) is 16.3. The lowest BCUT2D eigenvalue weighted by Crippen LogP contribution is -2.29. The molecule has 7 nitrogen and oxygen atoms in total.